The van der Waals surface area contributed by atoms with Crippen molar-refractivity contribution in [2.45, 2.75) is 0 Å². The van der Waals surface area contributed by atoms with Gasteiger partial charge in [-0.25, -0.2) is 9.37 Å². The van der Waals surface area contributed by atoms with E-state index >= 15 is 0 Å². The first kappa shape index (κ1) is 16.3. The van der Waals surface area contributed by atoms with Gasteiger partial charge in [0, 0.05) is 18.3 Å². The number of nitrogens with one attached hydrogen (secondary N) is 1. The molecule has 0 aliphatic heterocycles. The Morgan fingerprint density at radius 2 is 1.91 bits per heavy atom. The van der Waals surface area contributed by atoms with Crippen LogP contribution in [0, 0.1) is 5.82 Å². The molecule has 0 unspecified atom stereocenters. The van der Waals surface area contributed by atoms with Gasteiger partial charge in [0.2, 0.25) is 0 Å². The van der Waals surface area contributed by atoms with Gasteiger partial charge in [-0.3, -0.25) is 4.79 Å². The highest BCUT2D eigenvalue weighted by molar-refractivity contribution is 6.32. The van der Waals surface area contributed by atoms with Crippen molar-refractivity contribution in [2.75, 3.05) is 19.5 Å². The molecule has 1 aromatic carbocycles. The zero-order valence-corrected chi connectivity index (χ0v) is 13.1. The van der Waals surface area contributed by atoms with Crippen LogP contribution in [0.25, 0.3) is 0 Å². The van der Waals surface area contributed by atoms with Gasteiger partial charge in [-0.05, 0) is 6.07 Å². The summed E-state index contributed by atoms with van der Waals surface area (Å²) in [7, 11) is 2.85. The zero-order valence-electron chi connectivity index (χ0n) is 11.6. The zero-order chi connectivity index (χ0) is 16.3. The van der Waals surface area contributed by atoms with E-state index in [9.17, 15) is 9.18 Å². The Morgan fingerprint density at radius 1 is 1.23 bits per heavy atom. The van der Waals surface area contributed by atoms with Crippen molar-refractivity contribution in [1.82, 2.24) is 4.98 Å². The van der Waals surface area contributed by atoms with Crippen LogP contribution in [-0.2, 0) is 0 Å². The largest absolute Gasteiger partial charge is 0.495 e. The number of carbonyl (C=O) groups is 1. The van der Waals surface area contributed by atoms with Crippen LogP contribution in [0.5, 0.6) is 11.5 Å². The fraction of sp³-hybridized carbons (Fsp3) is 0.143. The molecule has 2 aromatic rings. The van der Waals surface area contributed by atoms with Crippen molar-refractivity contribution in [3.05, 3.63) is 46.0 Å². The summed E-state index contributed by atoms with van der Waals surface area (Å²) in [6, 6.07) is 4.17. The van der Waals surface area contributed by atoms with E-state index in [-0.39, 0.29) is 16.4 Å². The topological polar surface area (TPSA) is 60.5 Å². The minimum atomic E-state index is -0.901. The quantitative estimate of drug-likeness (QED) is 0.857. The molecule has 0 saturated heterocycles. The van der Waals surface area contributed by atoms with Crippen LogP contribution in [-0.4, -0.2) is 25.1 Å². The molecular formula is C14H11Cl2FN2O3. The van der Waals surface area contributed by atoms with Crippen molar-refractivity contribution in [1.29, 1.82) is 0 Å². The summed E-state index contributed by atoms with van der Waals surface area (Å²) in [4.78, 5) is 15.7. The Morgan fingerprint density at radius 3 is 2.55 bits per heavy atom. The summed E-state index contributed by atoms with van der Waals surface area (Å²) in [5.74, 6) is -0.961. The van der Waals surface area contributed by atoms with Crippen molar-refractivity contribution in [3.8, 4) is 11.5 Å². The fourth-order valence-electron chi connectivity index (χ4n) is 1.74. The molecule has 5 nitrogen and oxygen atoms in total. The summed E-state index contributed by atoms with van der Waals surface area (Å²) in [6.45, 7) is 0. The number of rotatable bonds is 4. The molecule has 0 fully saturated rings. The second-order valence-electron chi connectivity index (χ2n) is 4.10. The molecule has 0 atom stereocenters. The Hall–Kier alpha value is -2.05. The molecule has 2 rings (SSSR count). The van der Waals surface area contributed by atoms with Crippen LogP contribution in [0.4, 0.5) is 10.1 Å². The molecule has 0 spiro atoms. The second-order valence-corrected chi connectivity index (χ2v) is 4.87. The van der Waals surface area contributed by atoms with Crippen molar-refractivity contribution < 1.29 is 18.7 Å². The molecule has 0 aliphatic rings. The molecule has 22 heavy (non-hydrogen) atoms. The molecule has 116 valence electrons. The highest BCUT2D eigenvalue weighted by Crippen LogP contribution is 2.36. The lowest BCUT2D eigenvalue weighted by Gasteiger charge is -2.13. The summed E-state index contributed by atoms with van der Waals surface area (Å²) in [5.41, 5.74) is 0.0389. The van der Waals surface area contributed by atoms with Gasteiger partial charge < -0.3 is 14.8 Å². The van der Waals surface area contributed by atoms with Gasteiger partial charge in [-0.1, -0.05) is 23.2 Å². The van der Waals surface area contributed by atoms with Crippen LogP contribution in [0.2, 0.25) is 10.2 Å². The van der Waals surface area contributed by atoms with E-state index in [0.29, 0.717) is 16.5 Å². The Kier molecular flexibility index (Phi) is 5.05. The van der Waals surface area contributed by atoms with Gasteiger partial charge in [-0.2, -0.15) is 0 Å². The number of aromatic nitrogens is 1. The second kappa shape index (κ2) is 6.81. The molecule has 1 heterocycles. The number of hydrogen-bond acceptors (Lipinski definition) is 4. The van der Waals surface area contributed by atoms with E-state index in [4.69, 9.17) is 32.7 Å². The maximum Gasteiger partial charge on any atom is 0.258 e. The highest BCUT2D eigenvalue weighted by atomic mass is 35.5. The molecule has 0 saturated carbocycles. The van der Waals surface area contributed by atoms with Crippen molar-refractivity contribution in [3.63, 3.8) is 0 Å². The first-order valence-corrected chi connectivity index (χ1v) is 6.76. The monoisotopic (exact) mass is 344 g/mol. The highest BCUT2D eigenvalue weighted by Gasteiger charge is 2.18. The molecule has 0 bridgehead atoms. The van der Waals surface area contributed by atoms with Gasteiger partial charge in [-0.15, -0.1) is 0 Å². The lowest BCUT2D eigenvalue weighted by Crippen LogP contribution is -2.15. The predicted molar refractivity (Wildman–Crippen MR) is 81.7 cm³/mol. The van der Waals surface area contributed by atoms with Crippen molar-refractivity contribution in [2.24, 2.45) is 0 Å². The van der Waals surface area contributed by atoms with E-state index in [2.05, 4.69) is 10.3 Å². The number of methoxy groups -OCH3 is 2. The van der Waals surface area contributed by atoms with E-state index in [1.165, 1.54) is 38.6 Å². The fourth-order valence-corrected chi connectivity index (χ4v) is 2.13. The third kappa shape index (κ3) is 3.23. The standard InChI is InChI=1S/C14H11Cl2FN2O3/c1-21-10-6-9(11(22-2)5-8(10)15)19-14(20)7-3-4-18-13(16)12(7)17/h3-6H,1-2H3,(H,19,20). The van der Waals surface area contributed by atoms with Crippen LogP contribution in [0.15, 0.2) is 24.4 Å². The number of ether oxygens (including phenoxy) is 2. The van der Waals surface area contributed by atoms with E-state index in [0.717, 1.165) is 0 Å². The number of halogens is 3. The molecule has 0 radical (unpaired) electrons. The van der Waals surface area contributed by atoms with Crippen LogP contribution in [0.3, 0.4) is 0 Å². The number of carbonyl (C=O) groups excluding carboxylic acids is 1. The summed E-state index contributed by atoms with van der Waals surface area (Å²) in [6.07, 6.45) is 1.24. The van der Waals surface area contributed by atoms with Gasteiger partial charge >= 0.3 is 0 Å². The molecule has 8 heteroatoms. The SMILES string of the molecule is COc1cc(NC(=O)c2ccnc(Cl)c2F)c(OC)cc1Cl. The maximum atomic E-state index is 13.8. The number of nitrogens with zero attached hydrogens (tertiary/aromatic N) is 1. The van der Waals surface area contributed by atoms with E-state index in [1.807, 2.05) is 0 Å². The van der Waals surface area contributed by atoms with E-state index in [1.54, 1.807) is 0 Å². The minimum Gasteiger partial charge on any atom is -0.495 e. The smallest absolute Gasteiger partial charge is 0.258 e. The van der Waals surface area contributed by atoms with Gasteiger partial charge in [0.05, 0.1) is 30.5 Å². The number of pyridine rings is 1. The summed E-state index contributed by atoms with van der Waals surface area (Å²) >= 11 is 11.5. The Bertz CT molecular complexity index is 725. The average molecular weight is 345 g/mol. The normalized spacial score (nSPS) is 10.2. The molecule has 0 aliphatic carbocycles. The molecule has 1 amide bonds. The van der Waals surface area contributed by atoms with Crippen molar-refractivity contribution >= 4 is 34.8 Å². The minimum absolute atomic E-state index is 0.240. The first-order chi connectivity index (χ1) is 10.5. The lowest BCUT2D eigenvalue weighted by molar-refractivity contribution is 0.102. The van der Waals surface area contributed by atoms with Gasteiger partial charge in [0.25, 0.3) is 5.91 Å². The predicted octanol–water partition coefficient (Wildman–Crippen LogP) is 3.80. The van der Waals surface area contributed by atoms with Gasteiger partial charge in [0.15, 0.2) is 11.0 Å². The average Bonchev–Trinajstić information content (AvgIpc) is 2.51. The lowest BCUT2D eigenvalue weighted by atomic mass is 10.2. The molecule has 1 aromatic heterocycles. The van der Waals surface area contributed by atoms with Crippen LogP contribution < -0.4 is 14.8 Å². The summed E-state index contributed by atoms with van der Waals surface area (Å²) < 4.78 is 24.0. The molecular weight excluding hydrogens is 334 g/mol. The number of hydrogen-bond donors (Lipinski definition) is 1. The van der Waals surface area contributed by atoms with E-state index < -0.39 is 11.7 Å². The maximum absolute atomic E-state index is 13.8. The Balaban J connectivity index is 2.37. The van der Waals surface area contributed by atoms with Crippen LogP contribution in [0.1, 0.15) is 10.4 Å². The Labute approximate surface area is 136 Å². The first-order valence-electron chi connectivity index (χ1n) is 6.00. The number of benzene rings is 1. The van der Waals surface area contributed by atoms with Gasteiger partial charge in [0.1, 0.15) is 11.5 Å². The third-order valence-corrected chi connectivity index (χ3v) is 3.37. The summed E-state index contributed by atoms with van der Waals surface area (Å²) in [5, 5.41) is 2.45. The van der Waals surface area contributed by atoms with Crippen LogP contribution >= 0.6 is 23.2 Å². The number of amides is 1. The number of anilines is 1. The molecule has 1 N–H and O–H groups in total. The third-order valence-electron chi connectivity index (χ3n) is 2.81.